The normalized spacial score (nSPS) is 20.1. The second kappa shape index (κ2) is 10.8. The van der Waals surface area contributed by atoms with Crippen LogP contribution in [-0.2, 0) is 4.74 Å². The quantitative estimate of drug-likeness (QED) is 0.387. The van der Waals surface area contributed by atoms with E-state index in [1.165, 1.54) is 12.1 Å². The molecule has 3 aromatic carbocycles. The van der Waals surface area contributed by atoms with E-state index >= 15 is 0 Å². The number of carbonyl (C=O) groups excluding carboxylic acids is 2. The predicted molar refractivity (Wildman–Crippen MR) is 152 cm³/mol. The van der Waals surface area contributed by atoms with Crippen LogP contribution in [0.3, 0.4) is 0 Å². The zero-order valence-corrected chi connectivity index (χ0v) is 23.3. The molecule has 2 fully saturated rings. The summed E-state index contributed by atoms with van der Waals surface area (Å²) in [5.74, 6) is -0.654. The molecule has 0 radical (unpaired) electrons. The van der Waals surface area contributed by atoms with Crippen molar-refractivity contribution in [1.29, 1.82) is 5.26 Å². The standard InChI is InChI=1S/C33H34FN3O3/c1-20-5-7-21(8-6-20)28-14-11-23(15-29(28)22-9-10-24(19-35)30(34)16-22)31(38)37-26-12-13-27(37)18-25(17-26)36-32(39)40-33(2,3)4/h5-11,14-16,25-27H,12-13,17-18H2,1-4H3,(H,36,39)/t25-,26+,27-. The minimum atomic E-state index is -0.593. The van der Waals surface area contributed by atoms with Gasteiger partial charge in [-0.05, 0) is 99.9 Å². The number of carbonyl (C=O) groups is 2. The monoisotopic (exact) mass is 539 g/mol. The summed E-state index contributed by atoms with van der Waals surface area (Å²) in [6.45, 7) is 7.52. The Kier molecular flexibility index (Phi) is 7.37. The number of hydrogen-bond acceptors (Lipinski definition) is 4. The van der Waals surface area contributed by atoms with E-state index in [9.17, 15) is 19.2 Å². The number of nitriles is 1. The Hall–Kier alpha value is -4.18. The number of nitrogens with zero attached hydrogens (tertiary/aromatic N) is 2. The molecule has 0 aromatic heterocycles. The summed E-state index contributed by atoms with van der Waals surface area (Å²) in [6, 6.07) is 20.1. The van der Waals surface area contributed by atoms with Crippen LogP contribution in [0.4, 0.5) is 9.18 Å². The third-order valence-electron chi connectivity index (χ3n) is 7.72. The third kappa shape index (κ3) is 5.72. The zero-order chi connectivity index (χ0) is 28.6. The Morgan fingerprint density at radius 3 is 2.20 bits per heavy atom. The minimum Gasteiger partial charge on any atom is -0.444 e. The van der Waals surface area contributed by atoms with Gasteiger partial charge in [-0.3, -0.25) is 4.79 Å². The van der Waals surface area contributed by atoms with Gasteiger partial charge in [-0.25, -0.2) is 9.18 Å². The highest BCUT2D eigenvalue weighted by Gasteiger charge is 2.44. The molecule has 0 unspecified atom stereocenters. The molecule has 6 nitrogen and oxygen atoms in total. The zero-order valence-electron chi connectivity index (χ0n) is 23.3. The van der Waals surface area contributed by atoms with Gasteiger partial charge in [0.2, 0.25) is 0 Å². The number of nitrogens with one attached hydrogen (secondary N) is 1. The fourth-order valence-electron chi connectivity index (χ4n) is 5.92. The van der Waals surface area contributed by atoms with Gasteiger partial charge in [-0.2, -0.15) is 5.26 Å². The highest BCUT2D eigenvalue weighted by molar-refractivity contribution is 5.98. The lowest BCUT2D eigenvalue weighted by Crippen LogP contribution is -2.53. The number of alkyl carbamates (subject to hydrolysis) is 1. The first-order valence-electron chi connectivity index (χ1n) is 13.8. The van der Waals surface area contributed by atoms with Gasteiger partial charge < -0.3 is 15.0 Å². The van der Waals surface area contributed by atoms with E-state index in [0.29, 0.717) is 24.0 Å². The van der Waals surface area contributed by atoms with E-state index in [1.807, 2.05) is 81.1 Å². The number of hydrogen-bond donors (Lipinski definition) is 1. The molecule has 0 saturated carbocycles. The molecule has 206 valence electrons. The molecule has 0 spiro atoms. The lowest BCUT2D eigenvalue weighted by atomic mass is 9.91. The molecular weight excluding hydrogens is 505 g/mol. The lowest BCUT2D eigenvalue weighted by Gasteiger charge is -2.39. The fraction of sp³-hybridized carbons (Fsp3) is 0.364. The van der Waals surface area contributed by atoms with Gasteiger partial charge >= 0.3 is 6.09 Å². The van der Waals surface area contributed by atoms with Crippen LogP contribution < -0.4 is 5.32 Å². The summed E-state index contributed by atoms with van der Waals surface area (Å²) in [5, 5.41) is 12.2. The Morgan fingerprint density at radius 2 is 1.60 bits per heavy atom. The van der Waals surface area contributed by atoms with Crippen LogP contribution in [0.15, 0.2) is 60.7 Å². The van der Waals surface area contributed by atoms with Crippen LogP contribution >= 0.6 is 0 Å². The van der Waals surface area contributed by atoms with Gasteiger partial charge in [0.1, 0.15) is 17.5 Å². The molecule has 2 aliphatic heterocycles. The minimum absolute atomic E-state index is 0.0210. The Labute approximate surface area is 234 Å². The summed E-state index contributed by atoms with van der Waals surface area (Å²) in [6.07, 6.45) is 2.70. The average Bonchev–Trinajstić information content (AvgIpc) is 3.17. The summed E-state index contributed by atoms with van der Waals surface area (Å²) < 4.78 is 20.1. The number of fused-ring (bicyclic) bond motifs is 2. The molecule has 3 aromatic rings. The van der Waals surface area contributed by atoms with Crippen LogP contribution in [0.1, 0.15) is 67.9 Å². The first kappa shape index (κ1) is 27.4. The molecule has 3 atom stereocenters. The van der Waals surface area contributed by atoms with Crippen LogP contribution in [0.2, 0.25) is 0 Å². The molecular formula is C33H34FN3O3. The van der Waals surface area contributed by atoms with Crippen LogP contribution in [-0.4, -0.2) is 40.6 Å². The third-order valence-corrected chi connectivity index (χ3v) is 7.72. The first-order valence-corrected chi connectivity index (χ1v) is 13.8. The largest absolute Gasteiger partial charge is 0.444 e. The molecule has 2 aliphatic rings. The van der Waals surface area contributed by atoms with Crippen LogP contribution in [0.25, 0.3) is 22.3 Å². The summed E-state index contributed by atoms with van der Waals surface area (Å²) in [7, 11) is 0. The van der Waals surface area contributed by atoms with E-state index in [2.05, 4.69) is 5.32 Å². The summed E-state index contributed by atoms with van der Waals surface area (Å²) >= 11 is 0. The molecule has 1 N–H and O–H groups in total. The maximum atomic E-state index is 14.7. The van der Waals surface area contributed by atoms with Crippen molar-refractivity contribution in [2.24, 2.45) is 0 Å². The topological polar surface area (TPSA) is 82.4 Å². The Bertz CT molecular complexity index is 1470. The van der Waals surface area contributed by atoms with Crippen molar-refractivity contribution in [3.8, 4) is 28.3 Å². The van der Waals surface area contributed by atoms with Gasteiger partial charge in [0.25, 0.3) is 5.91 Å². The van der Waals surface area contributed by atoms with Crippen molar-refractivity contribution < 1.29 is 18.7 Å². The summed E-state index contributed by atoms with van der Waals surface area (Å²) in [5.41, 5.74) is 4.24. The predicted octanol–water partition coefficient (Wildman–Crippen LogP) is 7.00. The second-order valence-corrected chi connectivity index (χ2v) is 11.8. The van der Waals surface area contributed by atoms with Gasteiger partial charge in [-0.1, -0.05) is 42.0 Å². The molecule has 2 heterocycles. The number of rotatable bonds is 4. The van der Waals surface area contributed by atoms with E-state index in [1.54, 1.807) is 6.07 Å². The van der Waals surface area contributed by atoms with E-state index < -0.39 is 17.5 Å². The number of amides is 2. The highest BCUT2D eigenvalue weighted by Crippen LogP contribution is 2.39. The molecule has 7 heteroatoms. The number of piperidine rings is 1. The number of aryl methyl sites for hydroxylation is 1. The van der Waals surface area contributed by atoms with E-state index in [-0.39, 0.29) is 29.6 Å². The highest BCUT2D eigenvalue weighted by atomic mass is 19.1. The van der Waals surface area contributed by atoms with Crippen molar-refractivity contribution in [2.75, 3.05) is 0 Å². The van der Waals surface area contributed by atoms with Gasteiger partial charge in [0.15, 0.2) is 0 Å². The Balaban J connectivity index is 1.44. The molecule has 5 rings (SSSR count). The molecule has 2 bridgehead atoms. The molecule has 0 aliphatic carbocycles. The van der Waals surface area contributed by atoms with Crippen molar-refractivity contribution >= 4 is 12.0 Å². The van der Waals surface area contributed by atoms with Crippen LogP contribution in [0, 0.1) is 24.1 Å². The fourth-order valence-corrected chi connectivity index (χ4v) is 5.92. The summed E-state index contributed by atoms with van der Waals surface area (Å²) in [4.78, 5) is 28.2. The molecule has 40 heavy (non-hydrogen) atoms. The van der Waals surface area contributed by atoms with Crippen molar-refractivity contribution in [1.82, 2.24) is 10.2 Å². The van der Waals surface area contributed by atoms with Crippen molar-refractivity contribution in [2.45, 2.75) is 77.1 Å². The number of ether oxygens (including phenoxy) is 1. The number of halogens is 1. The SMILES string of the molecule is Cc1ccc(-c2ccc(C(=O)N3[C@@H]4CC[C@H]3C[C@@H](NC(=O)OC(C)(C)C)C4)cc2-c2ccc(C#N)c(F)c2)cc1. The average molecular weight is 540 g/mol. The second-order valence-electron chi connectivity index (χ2n) is 11.8. The number of benzene rings is 3. The van der Waals surface area contributed by atoms with E-state index in [4.69, 9.17) is 4.74 Å². The molecule has 2 saturated heterocycles. The van der Waals surface area contributed by atoms with E-state index in [0.717, 1.165) is 35.1 Å². The smallest absolute Gasteiger partial charge is 0.407 e. The van der Waals surface area contributed by atoms with Crippen molar-refractivity contribution in [3.63, 3.8) is 0 Å². The van der Waals surface area contributed by atoms with Gasteiger partial charge in [0, 0.05) is 23.7 Å². The Morgan fingerprint density at radius 1 is 0.950 bits per heavy atom. The van der Waals surface area contributed by atoms with Crippen LogP contribution in [0.5, 0.6) is 0 Å². The van der Waals surface area contributed by atoms with Gasteiger partial charge in [0.05, 0.1) is 5.56 Å². The van der Waals surface area contributed by atoms with Crippen molar-refractivity contribution in [3.05, 3.63) is 83.2 Å². The lowest BCUT2D eigenvalue weighted by molar-refractivity contribution is 0.0418. The maximum absolute atomic E-state index is 14.7. The maximum Gasteiger partial charge on any atom is 0.407 e. The first-order chi connectivity index (χ1) is 19.0. The molecule has 2 amide bonds. The van der Waals surface area contributed by atoms with Gasteiger partial charge in [-0.15, -0.1) is 0 Å².